The maximum atomic E-state index is 15.2. The van der Waals surface area contributed by atoms with Gasteiger partial charge in [-0.25, -0.2) is 14.2 Å². The van der Waals surface area contributed by atoms with Gasteiger partial charge in [0, 0.05) is 32.4 Å². The number of ether oxygens (including phenoxy) is 2. The van der Waals surface area contributed by atoms with Crippen molar-refractivity contribution in [3.63, 3.8) is 0 Å². The fourth-order valence-electron chi connectivity index (χ4n) is 4.02. The van der Waals surface area contributed by atoms with Crippen molar-refractivity contribution < 1.29 is 18.7 Å². The Labute approximate surface area is 191 Å². The number of halogens is 1. The van der Waals surface area contributed by atoms with E-state index in [1.165, 1.54) is 12.3 Å². The van der Waals surface area contributed by atoms with Crippen molar-refractivity contribution in [2.45, 2.75) is 13.8 Å². The molecule has 1 aromatic carbocycles. The van der Waals surface area contributed by atoms with Gasteiger partial charge in [-0.15, -0.1) is 0 Å². The molecular formula is C24H27FN4O4. The molecule has 0 aliphatic carbocycles. The molecule has 0 N–H and O–H groups in total. The lowest BCUT2D eigenvalue weighted by molar-refractivity contribution is 0.0524. The number of anilines is 1. The van der Waals surface area contributed by atoms with Crippen LogP contribution in [-0.2, 0) is 4.74 Å². The standard InChI is InChI=1S/C24H27FN4O4/c1-5-33-24(31)18-14-29(20-7-6-16(32-4)12-15(20)2)22-17(21(18)30)13-19(25)23(26-22)28-10-8-27(3)9-11-28/h6-7,12-14H,5,8-11H2,1-4H3. The molecule has 1 saturated heterocycles. The van der Waals surface area contributed by atoms with Crippen LogP contribution in [0.15, 0.2) is 35.3 Å². The van der Waals surface area contributed by atoms with Crippen LogP contribution in [0.1, 0.15) is 22.8 Å². The zero-order valence-corrected chi connectivity index (χ0v) is 19.2. The predicted octanol–water partition coefficient (Wildman–Crippen LogP) is 2.77. The summed E-state index contributed by atoms with van der Waals surface area (Å²) in [7, 11) is 3.59. The Bertz CT molecular complexity index is 1270. The number of aromatic nitrogens is 2. The summed E-state index contributed by atoms with van der Waals surface area (Å²) in [5.74, 6) is -0.487. The summed E-state index contributed by atoms with van der Waals surface area (Å²) in [6, 6.07) is 6.61. The Morgan fingerprint density at radius 2 is 1.91 bits per heavy atom. The van der Waals surface area contributed by atoms with Gasteiger partial charge >= 0.3 is 5.97 Å². The number of carbonyl (C=O) groups is 1. The topological polar surface area (TPSA) is 76.9 Å². The average Bonchev–Trinajstić information content (AvgIpc) is 2.80. The van der Waals surface area contributed by atoms with E-state index >= 15 is 4.39 Å². The number of fused-ring (bicyclic) bond motifs is 1. The Kier molecular flexibility index (Phi) is 6.33. The molecular weight excluding hydrogens is 427 g/mol. The normalized spacial score (nSPS) is 14.5. The van der Waals surface area contributed by atoms with Crippen molar-refractivity contribution in [3.05, 3.63) is 57.6 Å². The van der Waals surface area contributed by atoms with Gasteiger partial charge in [-0.2, -0.15) is 0 Å². The van der Waals surface area contributed by atoms with Crippen molar-refractivity contribution in [1.29, 1.82) is 0 Å². The molecule has 0 radical (unpaired) electrons. The maximum Gasteiger partial charge on any atom is 0.343 e. The number of carbonyl (C=O) groups excluding carboxylic acids is 1. The highest BCUT2D eigenvalue weighted by atomic mass is 19.1. The summed E-state index contributed by atoms with van der Waals surface area (Å²) in [4.78, 5) is 34.3. The van der Waals surface area contributed by atoms with E-state index in [4.69, 9.17) is 9.47 Å². The van der Waals surface area contributed by atoms with Crippen LogP contribution in [0.5, 0.6) is 5.75 Å². The summed E-state index contributed by atoms with van der Waals surface area (Å²) >= 11 is 0. The van der Waals surface area contributed by atoms with Crippen molar-refractivity contribution in [1.82, 2.24) is 14.5 Å². The SMILES string of the molecule is CCOC(=O)c1cn(-c2ccc(OC)cc2C)c2nc(N3CCN(C)CC3)c(F)cc2c1=O. The first kappa shape index (κ1) is 22.7. The lowest BCUT2D eigenvalue weighted by Crippen LogP contribution is -2.45. The van der Waals surface area contributed by atoms with Crippen molar-refractivity contribution in [3.8, 4) is 11.4 Å². The van der Waals surface area contributed by atoms with E-state index in [0.717, 1.165) is 18.7 Å². The van der Waals surface area contributed by atoms with Gasteiger partial charge in [0.25, 0.3) is 0 Å². The van der Waals surface area contributed by atoms with Crippen LogP contribution >= 0.6 is 0 Å². The van der Waals surface area contributed by atoms with Gasteiger partial charge in [-0.05, 0) is 50.7 Å². The second-order valence-corrected chi connectivity index (χ2v) is 8.07. The highest BCUT2D eigenvalue weighted by molar-refractivity contribution is 5.94. The minimum absolute atomic E-state index is 0.0196. The third-order valence-electron chi connectivity index (χ3n) is 5.87. The maximum absolute atomic E-state index is 15.2. The lowest BCUT2D eigenvalue weighted by Gasteiger charge is -2.33. The van der Waals surface area contributed by atoms with E-state index in [1.807, 2.05) is 31.0 Å². The summed E-state index contributed by atoms with van der Waals surface area (Å²) in [6.45, 7) is 6.48. The smallest absolute Gasteiger partial charge is 0.343 e. The molecule has 1 fully saturated rings. The molecule has 1 aliphatic heterocycles. The number of nitrogens with zero attached hydrogens (tertiary/aromatic N) is 4. The van der Waals surface area contributed by atoms with E-state index < -0.39 is 17.2 Å². The van der Waals surface area contributed by atoms with Crippen LogP contribution in [-0.4, -0.2) is 67.4 Å². The van der Waals surface area contributed by atoms with E-state index in [2.05, 4.69) is 9.88 Å². The molecule has 8 nitrogen and oxygen atoms in total. The lowest BCUT2D eigenvalue weighted by atomic mass is 10.1. The van der Waals surface area contributed by atoms with Crippen molar-refractivity contribution >= 4 is 22.8 Å². The van der Waals surface area contributed by atoms with Crippen LogP contribution in [0.4, 0.5) is 10.2 Å². The third-order valence-corrected chi connectivity index (χ3v) is 5.87. The quantitative estimate of drug-likeness (QED) is 0.549. The second kappa shape index (κ2) is 9.19. The minimum Gasteiger partial charge on any atom is -0.497 e. The number of methoxy groups -OCH3 is 1. The molecule has 1 aliphatic rings. The number of pyridine rings is 2. The van der Waals surface area contributed by atoms with Gasteiger partial charge in [0.1, 0.15) is 11.3 Å². The molecule has 0 saturated carbocycles. The zero-order chi connectivity index (χ0) is 23.7. The molecule has 174 valence electrons. The van der Waals surface area contributed by atoms with E-state index in [1.54, 1.807) is 24.7 Å². The molecule has 0 bridgehead atoms. The van der Waals surface area contributed by atoms with Crippen LogP contribution < -0.4 is 15.1 Å². The number of piperazine rings is 1. The van der Waals surface area contributed by atoms with Crippen molar-refractivity contribution in [2.75, 3.05) is 51.8 Å². The van der Waals surface area contributed by atoms with E-state index in [-0.39, 0.29) is 29.0 Å². The van der Waals surface area contributed by atoms with Gasteiger partial charge in [-0.1, -0.05) is 0 Å². The molecule has 0 amide bonds. The van der Waals surface area contributed by atoms with Gasteiger partial charge in [0.2, 0.25) is 5.43 Å². The Balaban J connectivity index is 1.98. The van der Waals surface area contributed by atoms with E-state index in [0.29, 0.717) is 24.5 Å². The van der Waals surface area contributed by atoms with Crippen LogP contribution in [0, 0.1) is 12.7 Å². The molecule has 3 heterocycles. The first-order chi connectivity index (χ1) is 15.8. The van der Waals surface area contributed by atoms with E-state index in [9.17, 15) is 9.59 Å². The van der Waals surface area contributed by atoms with Gasteiger partial charge in [0.15, 0.2) is 17.3 Å². The zero-order valence-electron chi connectivity index (χ0n) is 19.2. The molecule has 3 aromatic rings. The highest BCUT2D eigenvalue weighted by Gasteiger charge is 2.24. The predicted molar refractivity (Wildman–Crippen MR) is 124 cm³/mol. The first-order valence-electron chi connectivity index (χ1n) is 10.9. The van der Waals surface area contributed by atoms with Crippen molar-refractivity contribution in [2.24, 2.45) is 0 Å². The second-order valence-electron chi connectivity index (χ2n) is 8.07. The summed E-state index contributed by atoms with van der Waals surface area (Å²) in [5, 5.41) is 0.0196. The number of rotatable bonds is 5. The van der Waals surface area contributed by atoms with Crippen LogP contribution in [0.2, 0.25) is 0 Å². The van der Waals surface area contributed by atoms with Crippen LogP contribution in [0.3, 0.4) is 0 Å². The van der Waals surface area contributed by atoms with Gasteiger partial charge in [0.05, 0.1) is 24.8 Å². The number of benzene rings is 1. The van der Waals surface area contributed by atoms with Gasteiger partial charge in [-0.3, -0.25) is 9.36 Å². The highest BCUT2D eigenvalue weighted by Crippen LogP contribution is 2.27. The molecule has 2 aromatic heterocycles. The van der Waals surface area contributed by atoms with Gasteiger partial charge < -0.3 is 19.3 Å². The number of hydrogen-bond acceptors (Lipinski definition) is 7. The number of esters is 1. The third kappa shape index (κ3) is 4.28. The molecule has 0 atom stereocenters. The Morgan fingerprint density at radius 1 is 1.18 bits per heavy atom. The number of likely N-dealkylation sites (N-methyl/N-ethyl adjacent to an activating group) is 1. The average molecular weight is 455 g/mol. The fraction of sp³-hybridized carbons (Fsp3) is 0.375. The first-order valence-corrected chi connectivity index (χ1v) is 10.9. The number of aryl methyl sites for hydroxylation is 1. The Morgan fingerprint density at radius 3 is 2.55 bits per heavy atom. The van der Waals surface area contributed by atoms with Crippen LogP contribution in [0.25, 0.3) is 16.7 Å². The summed E-state index contributed by atoms with van der Waals surface area (Å²) in [5.41, 5.74) is 1.02. The monoisotopic (exact) mass is 454 g/mol. The molecule has 9 heteroatoms. The molecule has 0 spiro atoms. The fourth-order valence-corrected chi connectivity index (χ4v) is 4.02. The molecule has 33 heavy (non-hydrogen) atoms. The molecule has 0 unspecified atom stereocenters. The minimum atomic E-state index is -0.757. The largest absolute Gasteiger partial charge is 0.497 e. The summed E-state index contributed by atoms with van der Waals surface area (Å²) in [6.07, 6.45) is 1.43. The molecule has 4 rings (SSSR count). The number of hydrogen-bond donors (Lipinski definition) is 0. The Hall–Kier alpha value is -3.46. The summed E-state index contributed by atoms with van der Waals surface area (Å²) < 4.78 is 27.2.